The molecule has 2 aromatic carbocycles. The Morgan fingerprint density at radius 2 is 1.61 bits per heavy atom. The summed E-state index contributed by atoms with van der Waals surface area (Å²) in [6, 6.07) is 19.6. The van der Waals surface area contributed by atoms with Gasteiger partial charge in [0.1, 0.15) is 0 Å². The van der Waals surface area contributed by atoms with Crippen LogP contribution in [0.25, 0.3) is 5.69 Å². The molecule has 31 heavy (non-hydrogen) atoms. The van der Waals surface area contributed by atoms with E-state index < -0.39 is 0 Å². The number of aromatic nitrogens is 1. The van der Waals surface area contributed by atoms with Crippen LogP contribution in [0.15, 0.2) is 65.1 Å². The molecule has 1 fully saturated rings. The van der Waals surface area contributed by atoms with Crippen LogP contribution in [0.5, 0.6) is 0 Å². The summed E-state index contributed by atoms with van der Waals surface area (Å²) in [7, 11) is 0. The van der Waals surface area contributed by atoms with Gasteiger partial charge in [-0.3, -0.25) is 14.5 Å². The van der Waals surface area contributed by atoms with E-state index >= 15 is 0 Å². The smallest absolute Gasteiger partial charge is 0.253 e. The highest BCUT2D eigenvalue weighted by Crippen LogP contribution is 2.22. The average molecular weight is 480 g/mol. The maximum atomic E-state index is 13.1. The number of carbonyl (C=O) groups is 2. The Labute approximate surface area is 191 Å². The monoisotopic (exact) mass is 479 g/mol. The molecule has 4 rings (SSSR count). The molecule has 1 saturated heterocycles. The molecule has 160 valence electrons. The van der Waals surface area contributed by atoms with Crippen molar-refractivity contribution in [1.82, 2.24) is 14.4 Å². The lowest BCUT2D eigenvalue weighted by molar-refractivity contribution is 0.0624. The van der Waals surface area contributed by atoms with Crippen LogP contribution >= 0.6 is 15.9 Å². The second-order valence-corrected chi connectivity index (χ2v) is 8.87. The van der Waals surface area contributed by atoms with Crippen LogP contribution in [0.3, 0.4) is 0 Å². The van der Waals surface area contributed by atoms with E-state index in [9.17, 15) is 9.59 Å². The number of hydrogen-bond donors (Lipinski definition) is 0. The minimum atomic E-state index is 0.0404. The maximum Gasteiger partial charge on any atom is 0.253 e. The zero-order valence-corrected chi connectivity index (χ0v) is 19.4. The van der Waals surface area contributed by atoms with Gasteiger partial charge in [0.05, 0.1) is 6.54 Å². The fourth-order valence-electron chi connectivity index (χ4n) is 4.22. The second kappa shape index (κ2) is 9.20. The van der Waals surface area contributed by atoms with E-state index in [0.717, 1.165) is 27.1 Å². The largest absolute Gasteiger partial charge is 0.336 e. The maximum absolute atomic E-state index is 13.1. The van der Waals surface area contributed by atoms with Crippen LogP contribution in [0.2, 0.25) is 0 Å². The summed E-state index contributed by atoms with van der Waals surface area (Å²) in [6.07, 6.45) is 0. The fourth-order valence-corrected chi connectivity index (χ4v) is 4.62. The van der Waals surface area contributed by atoms with Gasteiger partial charge in [-0.25, -0.2) is 0 Å². The van der Waals surface area contributed by atoms with Gasteiger partial charge in [0.25, 0.3) is 5.91 Å². The number of benzene rings is 2. The molecule has 0 spiro atoms. The quantitative estimate of drug-likeness (QED) is 0.506. The number of Topliss-reactive ketones (excluding diaryl/α,β-unsaturated/α-hetero) is 1. The lowest BCUT2D eigenvalue weighted by Gasteiger charge is -2.34. The summed E-state index contributed by atoms with van der Waals surface area (Å²) < 4.78 is 3.03. The van der Waals surface area contributed by atoms with Crippen molar-refractivity contribution in [2.45, 2.75) is 13.8 Å². The zero-order chi connectivity index (χ0) is 22.0. The molecule has 1 amide bonds. The molecule has 1 aliphatic heterocycles. The first kappa shape index (κ1) is 21.5. The Hall–Kier alpha value is -2.70. The summed E-state index contributed by atoms with van der Waals surface area (Å²) >= 11 is 3.42. The minimum absolute atomic E-state index is 0.0404. The molecule has 0 radical (unpaired) electrons. The highest BCUT2D eigenvalue weighted by Gasteiger charge is 2.25. The van der Waals surface area contributed by atoms with Gasteiger partial charge in [0.2, 0.25) is 0 Å². The number of para-hydroxylation sites is 1. The Morgan fingerprint density at radius 3 is 2.29 bits per heavy atom. The molecule has 1 aromatic heterocycles. The zero-order valence-electron chi connectivity index (χ0n) is 17.8. The van der Waals surface area contributed by atoms with Crippen molar-refractivity contribution < 1.29 is 9.59 Å². The number of hydrogen-bond acceptors (Lipinski definition) is 3. The number of aryl methyl sites for hydroxylation is 1. The van der Waals surface area contributed by atoms with Crippen LogP contribution in [-0.2, 0) is 0 Å². The first-order valence-electron chi connectivity index (χ1n) is 10.5. The number of ketones is 1. The molecule has 1 aliphatic rings. The van der Waals surface area contributed by atoms with Crippen molar-refractivity contribution >= 4 is 27.6 Å². The third kappa shape index (κ3) is 4.65. The van der Waals surface area contributed by atoms with E-state index in [1.165, 1.54) is 0 Å². The van der Waals surface area contributed by atoms with Gasteiger partial charge in [-0.2, -0.15) is 0 Å². The SMILES string of the molecule is Cc1cc(C(=O)CN2CCN(C(=O)c3cccc(Br)c3)CC2)c(C)n1-c1ccccc1. The van der Waals surface area contributed by atoms with Crippen LogP contribution < -0.4 is 0 Å². The Balaban J connectivity index is 1.39. The van der Waals surface area contributed by atoms with Gasteiger partial charge >= 0.3 is 0 Å². The third-order valence-electron chi connectivity index (χ3n) is 5.84. The van der Waals surface area contributed by atoms with Gasteiger partial charge < -0.3 is 9.47 Å². The van der Waals surface area contributed by atoms with Gasteiger partial charge in [0.15, 0.2) is 5.78 Å². The predicted octanol–water partition coefficient (Wildman–Crippen LogP) is 4.50. The van der Waals surface area contributed by atoms with Crippen LogP contribution in [0.4, 0.5) is 0 Å². The molecule has 0 N–H and O–H groups in total. The highest BCUT2D eigenvalue weighted by atomic mass is 79.9. The molecule has 5 nitrogen and oxygen atoms in total. The van der Waals surface area contributed by atoms with E-state index in [0.29, 0.717) is 38.3 Å². The van der Waals surface area contributed by atoms with E-state index in [4.69, 9.17) is 0 Å². The summed E-state index contributed by atoms with van der Waals surface area (Å²) in [5.74, 6) is 0.167. The number of carbonyl (C=O) groups excluding carboxylic acids is 2. The van der Waals surface area contributed by atoms with Crippen LogP contribution in [0.1, 0.15) is 32.1 Å². The van der Waals surface area contributed by atoms with Gasteiger partial charge in [0, 0.05) is 58.9 Å². The topological polar surface area (TPSA) is 45.6 Å². The standard InChI is InChI=1S/C25H26BrN3O2/c1-18-15-23(19(2)29(18)22-9-4-3-5-10-22)24(30)17-27-11-13-28(14-12-27)25(31)20-7-6-8-21(26)16-20/h3-10,15-16H,11-14,17H2,1-2H3. The van der Waals surface area contributed by atoms with Crippen LogP contribution in [0, 0.1) is 13.8 Å². The molecule has 2 heterocycles. The molecule has 0 bridgehead atoms. The normalized spacial score (nSPS) is 14.6. The second-order valence-electron chi connectivity index (χ2n) is 7.96. The fraction of sp³-hybridized carbons (Fsp3) is 0.280. The summed E-state index contributed by atoms with van der Waals surface area (Å²) in [5.41, 5.74) is 4.55. The van der Waals surface area contributed by atoms with Crippen molar-refractivity contribution in [2.75, 3.05) is 32.7 Å². The van der Waals surface area contributed by atoms with E-state index in [1.807, 2.05) is 67.3 Å². The van der Waals surface area contributed by atoms with E-state index in [2.05, 4.69) is 37.5 Å². The van der Waals surface area contributed by atoms with E-state index in [1.54, 1.807) is 0 Å². The number of rotatable bonds is 5. The lowest BCUT2D eigenvalue weighted by Crippen LogP contribution is -2.49. The molecule has 6 heteroatoms. The molecular weight excluding hydrogens is 454 g/mol. The van der Waals surface area contributed by atoms with Crippen LogP contribution in [-0.4, -0.2) is 58.8 Å². The Morgan fingerprint density at radius 1 is 0.903 bits per heavy atom. The lowest BCUT2D eigenvalue weighted by atomic mass is 10.1. The van der Waals surface area contributed by atoms with Crippen molar-refractivity contribution in [3.63, 3.8) is 0 Å². The van der Waals surface area contributed by atoms with E-state index in [-0.39, 0.29) is 11.7 Å². The molecule has 0 aliphatic carbocycles. The first-order valence-corrected chi connectivity index (χ1v) is 11.3. The molecular formula is C25H26BrN3O2. The van der Waals surface area contributed by atoms with Crippen molar-refractivity contribution in [3.05, 3.63) is 87.7 Å². The van der Waals surface area contributed by atoms with Crippen molar-refractivity contribution in [3.8, 4) is 5.69 Å². The van der Waals surface area contributed by atoms with Gasteiger partial charge in [-0.15, -0.1) is 0 Å². The predicted molar refractivity (Wildman–Crippen MR) is 126 cm³/mol. The number of amides is 1. The minimum Gasteiger partial charge on any atom is -0.336 e. The number of nitrogens with zero attached hydrogens (tertiary/aromatic N) is 3. The molecule has 0 atom stereocenters. The highest BCUT2D eigenvalue weighted by molar-refractivity contribution is 9.10. The average Bonchev–Trinajstić information content (AvgIpc) is 3.08. The number of piperazine rings is 1. The van der Waals surface area contributed by atoms with Crippen molar-refractivity contribution in [1.29, 1.82) is 0 Å². The Bertz CT molecular complexity index is 1100. The van der Waals surface area contributed by atoms with Crippen molar-refractivity contribution in [2.24, 2.45) is 0 Å². The molecule has 0 unspecified atom stereocenters. The summed E-state index contributed by atoms with van der Waals surface area (Å²) in [4.78, 5) is 29.8. The first-order chi connectivity index (χ1) is 14.9. The Kier molecular flexibility index (Phi) is 6.39. The molecule has 0 saturated carbocycles. The summed E-state index contributed by atoms with van der Waals surface area (Å²) in [6.45, 7) is 7.05. The third-order valence-corrected chi connectivity index (χ3v) is 6.34. The van der Waals surface area contributed by atoms with Gasteiger partial charge in [-0.05, 0) is 50.2 Å². The molecule has 3 aromatic rings. The summed E-state index contributed by atoms with van der Waals surface area (Å²) in [5, 5.41) is 0. The number of halogens is 1. The van der Waals surface area contributed by atoms with Gasteiger partial charge in [-0.1, -0.05) is 40.2 Å².